The molecule has 5 heteroatoms. The summed E-state index contributed by atoms with van der Waals surface area (Å²) in [6.07, 6.45) is 0.545. The average molecular weight is 227 g/mol. The highest BCUT2D eigenvalue weighted by molar-refractivity contribution is 7.91. The number of sulfone groups is 1. The maximum Gasteiger partial charge on any atom is 0.248 e. The molecule has 4 nitrogen and oxygen atoms in total. The first-order chi connectivity index (χ1) is 6.97. The summed E-state index contributed by atoms with van der Waals surface area (Å²) in [5.41, 5.74) is 5.28. The molecule has 0 heterocycles. The van der Waals surface area contributed by atoms with Crippen molar-refractivity contribution in [3.05, 3.63) is 29.8 Å². The van der Waals surface area contributed by atoms with Crippen LogP contribution in [0.15, 0.2) is 29.2 Å². The van der Waals surface area contributed by atoms with Crippen LogP contribution in [0.3, 0.4) is 0 Å². The third-order valence-corrected chi connectivity index (χ3v) is 3.87. The van der Waals surface area contributed by atoms with Gasteiger partial charge in [-0.05, 0) is 24.6 Å². The van der Waals surface area contributed by atoms with Gasteiger partial charge >= 0.3 is 0 Å². The Hall–Kier alpha value is -1.36. The van der Waals surface area contributed by atoms with Crippen LogP contribution in [0.25, 0.3) is 0 Å². The van der Waals surface area contributed by atoms with Crippen molar-refractivity contribution in [2.75, 3.05) is 5.75 Å². The smallest absolute Gasteiger partial charge is 0.248 e. The van der Waals surface area contributed by atoms with Gasteiger partial charge in [0.25, 0.3) is 0 Å². The summed E-state index contributed by atoms with van der Waals surface area (Å²) in [5.74, 6) is -0.543. The summed E-state index contributed by atoms with van der Waals surface area (Å²) in [6.45, 7) is 1.79. The first-order valence-corrected chi connectivity index (χ1v) is 6.25. The summed E-state index contributed by atoms with van der Waals surface area (Å²) in [6, 6.07) is 5.79. The van der Waals surface area contributed by atoms with Gasteiger partial charge in [0.2, 0.25) is 5.91 Å². The molecular formula is C10H13NO3S. The number of hydrogen-bond donors (Lipinski definition) is 1. The highest BCUT2D eigenvalue weighted by atomic mass is 32.2. The molecule has 0 radical (unpaired) electrons. The molecule has 1 aromatic carbocycles. The van der Waals surface area contributed by atoms with Crippen molar-refractivity contribution in [3.63, 3.8) is 0 Å². The fourth-order valence-electron chi connectivity index (χ4n) is 1.23. The van der Waals surface area contributed by atoms with Crippen molar-refractivity contribution in [1.82, 2.24) is 0 Å². The molecule has 0 unspecified atom stereocenters. The summed E-state index contributed by atoms with van der Waals surface area (Å²) in [5, 5.41) is 0. The second-order valence-electron chi connectivity index (χ2n) is 3.21. The summed E-state index contributed by atoms with van der Waals surface area (Å²) in [4.78, 5) is 11.0. The molecule has 0 fully saturated rings. The number of hydrogen-bond acceptors (Lipinski definition) is 3. The van der Waals surface area contributed by atoms with E-state index in [1.807, 2.05) is 0 Å². The zero-order valence-electron chi connectivity index (χ0n) is 8.43. The number of amides is 1. The highest BCUT2D eigenvalue weighted by Gasteiger charge is 2.14. The van der Waals surface area contributed by atoms with Crippen LogP contribution in [-0.4, -0.2) is 20.1 Å². The molecule has 1 amide bonds. The third kappa shape index (κ3) is 2.79. The van der Waals surface area contributed by atoms with Gasteiger partial charge in [-0.25, -0.2) is 8.42 Å². The Balaban J connectivity index is 3.16. The first kappa shape index (κ1) is 11.7. The molecule has 0 saturated heterocycles. The molecule has 0 aliphatic rings. The van der Waals surface area contributed by atoms with E-state index >= 15 is 0 Å². The summed E-state index contributed by atoms with van der Waals surface area (Å²) >= 11 is 0. The van der Waals surface area contributed by atoms with Crippen molar-refractivity contribution >= 4 is 15.7 Å². The minimum absolute atomic E-state index is 0.0786. The van der Waals surface area contributed by atoms with E-state index in [0.717, 1.165) is 0 Å². The molecular weight excluding hydrogens is 214 g/mol. The van der Waals surface area contributed by atoms with Gasteiger partial charge in [0.05, 0.1) is 10.6 Å². The number of carbonyl (C=O) groups is 1. The fourth-order valence-corrected chi connectivity index (χ4v) is 2.59. The minimum atomic E-state index is -3.27. The third-order valence-electron chi connectivity index (χ3n) is 1.95. The minimum Gasteiger partial charge on any atom is -0.366 e. The molecule has 1 aromatic rings. The molecule has 0 aromatic heterocycles. The van der Waals surface area contributed by atoms with Crippen LogP contribution in [0, 0.1) is 0 Å². The first-order valence-electron chi connectivity index (χ1n) is 4.60. The van der Waals surface area contributed by atoms with Gasteiger partial charge < -0.3 is 5.73 Å². The van der Waals surface area contributed by atoms with Crippen molar-refractivity contribution < 1.29 is 13.2 Å². The molecule has 0 saturated carbocycles. The Bertz CT molecular complexity index is 465. The average Bonchev–Trinajstić information content (AvgIpc) is 2.18. The van der Waals surface area contributed by atoms with E-state index in [1.54, 1.807) is 6.92 Å². The lowest BCUT2D eigenvalue weighted by Crippen LogP contribution is -2.12. The van der Waals surface area contributed by atoms with Crippen molar-refractivity contribution in [3.8, 4) is 0 Å². The maximum absolute atomic E-state index is 11.7. The van der Waals surface area contributed by atoms with Crippen LogP contribution in [0.2, 0.25) is 0 Å². The highest BCUT2D eigenvalue weighted by Crippen LogP contribution is 2.13. The molecule has 0 atom stereocenters. The lowest BCUT2D eigenvalue weighted by Gasteiger charge is -2.03. The Labute approximate surface area is 89.0 Å². The zero-order chi connectivity index (χ0) is 11.5. The summed E-state index contributed by atoms with van der Waals surface area (Å²) < 4.78 is 23.3. The SMILES string of the molecule is CCCS(=O)(=O)c1cccc(C(N)=O)c1. The van der Waals surface area contributed by atoms with E-state index in [2.05, 4.69) is 0 Å². The lowest BCUT2D eigenvalue weighted by atomic mass is 10.2. The van der Waals surface area contributed by atoms with Gasteiger partial charge in [0.1, 0.15) is 0 Å². The van der Waals surface area contributed by atoms with E-state index in [4.69, 9.17) is 5.73 Å². The van der Waals surface area contributed by atoms with Crippen LogP contribution in [0.1, 0.15) is 23.7 Å². The van der Waals surface area contributed by atoms with Crippen molar-refractivity contribution in [2.45, 2.75) is 18.2 Å². The second kappa shape index (κ2) is 4.44. The standard InChI is InChI=1S/C10H13NO3S/c1-2-6-15(13,14)9-5-3-4-8(7-9)10(11)12/h3-5,7H,2,6H2,1H3,(H2,11,12). The van der Waals surface area contributed by atoms with Gasteiger partial charge in [-0.3, -0.25) is 4.79 Å². The molecule has 0 aliphatic heterocycles. The molecule has 1 rings (SSSR count). The van der Waals surface area contributed by atoms with Gasteiger partial charge in [-0.1, -0.05) is 13.0 Å². The number of nitrogens with two attached hydrogens (primary N) is 1. The number of primary amides is 1. The Morgan fingerprint density at radius 3 is 2.60 bits per heavy atom. The Morgan fingerprint density at radius 2 is 2.07 bits per heavy atom. The largest absolute Gasteiger partial charge is 0.366 e. The molecule has 82 valence electrons. The van der Waals surface area contributed by atoms with Crippen LogP contribution in [0.4, 0.5) is 0 Å². The molecule has 0 bridgehead atoms. The second-order valence-corrected chi connectivity index (χ2v) is 5.32. The Morgan fingerprint density at radius 1 is 1.40 bits per heavy atom. The van der Waals surface area contributed by atoms with E-state index < -0.39 is 15.7 Å². The van der Waals surface area contributed by atoms with Gasteiger partial charge in [-0.2, -0.15) is 0 Å². The van der Waals surface area contributed by atoms with Gasteiger partial charge in [0, 0.05) is 5.56 Å². The van der Waals surface area contributed by atoms with Gasteiger partial charge in [0.15, 0.2) is 9.84 Å². The van der Waals surface area contributed by atoms with Crippen LogP contribution < -0.4 is 5.73 Å². The quantitative estimate of drug-likeness (QED) is 0.832. The molecule has 0 aliphatic carbocycles. The normalized spacial score (nSPS) is 11.3. The van der Waals surface area contributed by atoms with E-state index in [1.165, 1.54) is 24.3 Å². The van der Waals surface area contributed by atoms with Crippen LogP contribution in [0.5, 0.6) is 0 Å². The van der Waals surface area contributed by atoms with Crippen molar-refractivity contribution in [2.24, 2.45) is 5.73 Å². The molecule has 2 N–H and O–H groups in total. The zero-order valence-corrected chi connectivity index (χ0v) is 9.25. The summed E-state index contributed by atoms with van der Waals surface area (Å²) in [7, 11) is -3.27. The monoisotopic (exact) mass is 227 g/mol. The Kier molecular flexibility index (Phi) is 3.47. The van der Waals surface area contributed by atoms with Crippen molar-refractivity contribution in [1.29, 1.82) is 0 Å². The molecule has 15 heavy (non-hydrogen) atoms. The number of benzene rings is 1. The van der Waals surface area contributed by atoms with E-state index in [-0.39, 0.29) is 16.2 Å². The predicted molar refractivity (Wildman–Crippen MR) is 57.3 cm³/mol. The number of rotatable bonds is 4. The van der Waals surface area contributed by atoms with Gasteiger partial charge in [-0.15, -0.1) is 0 Å². The molecule has 0 spiro atoms. The van der Waals surface area contributed by atoms with Crippen LogP contribution in [-0.2, 0) is 9.84 Å². The number of carbonyl (C=O) groups excluding carboxylic acids is 1. The van der Waals surface area contributed by atoms with E-state index in [9.17, 15) is 13.2 Å². The maximum atomic E-state index is 11.7. The fraction of sp³-hybridized carbons (Fsp3) is 0.300. The topological polar surface area (TPSA) is 77.2 Å². The lowest BCUT2D eigenvalue weighted by molar-refractivity contribution is 0.1000. The van der Waals surface area contributed by atoms with E-state index in [0.29, 0.717) is 6.42 Å². The predicted octanol–water partition coefficient (Wildman–Crippen LogP) is 0.969. The van der Waals surface area contributed by atoms with Crippen LogP contribution >= 0.6 is 0 Å².